The van der Waals surface area contributed by atoms with Gasteiger partial charge in [0.2, 0.25) is 0 Å². The molecule has 0 radical (unpaired) electrons. The van der Waals surface area contributed by atoms with Crippen LogP contribution in [0.4, 0.5) is 10.5 Å². The number of carbonyl (C=O) groups excluding carboxylic acids is 1. The number of hydrogen-bond acceptors (Lipinski definition) is 5. The van der Waals surface area contributed by atoms with Crippen LogP contribution in [0.2, 0.25) is 0 Å². The molecule has 0 saturated carbocycles. The maximum atomic E-state index is 11.9. The fraction of sp³-hybridized carbons (Fsp3) is 0.500. The molecule has 0 spiro atoms. The van der Waals surface area contributed by atoms with Crippen LogP contribution in [0.15, 0.2) is 23.3 Å². The molecular weight excluding hydrogens is 288 g/mol. The SMILES string of the molecule is COc1ccc(NC(=O)OC(C)(C)C)c(C(CO)N=[N+]=[N-])c1. The van der Waals surface area contributed by atoms with Crippen LogP contribution in [0.3, 0.4) is 0 Å². The van der Waals surface area contributed by atoms with Gasteiger partial charge in [0.1, 0.15) is 11.4 Å². The molecule has 1 amide bonds. The summed E-state index contributed by atoms with van der Waals surface area (Å²) in [4.78, 5) is 14.6. The molecule has 0 aliphatic rings. The van der Waals surface area contributed by atoms with Crippen LogP contribution in [-0.2, 0) is 4.74 Å². The summed E-state index contributed by atoms with van der Waals surface area (Å²) in [7, 11) is 1.49. The fourth-order valence-electron chi connectivity index (χ4n) is 1.73. The molecule has 0 aromatic heterocycles. The predicted molar refractivity (Wildman–Crippen MR) is 81.8 cm³/mol. The number of azide groups is 1. The molecule has 1 aromatic carbocycles. The number of nitrogens with one attached hydrogen (secondary N) is 1. The highest BCUT2D eigenvalue weighted by Crippen LogP contribution is 2.30. The highest BCUT2D eigenvalue weighted by Gasteiger charge is 2.20. The van der Waals surface area contributed by atoms with Crippen LogP contribution in [0.1, 0.15) is 32.4 Å². The van der Waals surface area contributed by atoms with E-state index in [-0.39, 0.29) is 0 Å². The Bertz CT molecular complexity index is 577. The van der Waals surface area contributed by atoms with Crippen LogP contribution in [0.25, 0.3) is 10.4 Å². The second-order valence-electron chi connectivity index (χ2n) is 5.48. The van der Waals surface area contributed by atoms with Crippen molar-refractivity contribution < 1.29 is 19.4 Å². The van der Waals surface area contributed by atoms with Crippen LogP contribution < -0.4 is 10.1 Å². The molecule has 1 rings (SSSR count). The molecule has 8 nitrogen and oxygen atoms in total. The van der Waals surface area contributed by atoms with Gasteiger partial charge in [-0.2, -0.15) is 0 Å². The third kappa shape index (κ3) is 5.16. The number of aliphatic hydroxyl groups excluding tert-OH is 1. The highest BCUT2D eigenvalue weighted by atomic mass is 16.6. The number of anilines is 1. The van der Waals surface area contributed by atoms with Gasteiger partial charge in [-0.05, 0) is 50.1 Å². The molecule has 0 aliphatic carbocycles. The maximum absolute atomic E-state index is 11.9. The van der Waals surface area contributed by atoms with Gasteiger partial charge in [-0.25, -0.2) is 4.79 Å². The van der Waals surface area contributed by atoms with Crippen molar-refractivity contribution in [3.8, 4) is 5.75 Å². The van der Waals surface area contributed by atoms with Gasteiger partial charge in [-0.15, -0.1) is 0 Å². The lowest BCUT2D eigenvalue weighted by Gasteiger charge is -2.21. The van der Waals surface area contributed by atoms with Crippen molar-refractivity contribution in [2.45, 2.75) is 32.4 Å². The van der Waals surface area contributed by atoms with E-state index in [1.807, 2.05) is 0 Å². The van der Waals surface area contributed by atoms with E-state index in [2.05, 4.69) is 15.3 Å². The average Bonchev–Trinajstić information content (AvgIpc) is 2.43. The lowest BCUT2D eigenvalue weighted by molar-refractivity contribution is 0.0635. The standard InChI is InChI=1S/C14H20N4O4/c1-14(2,3)22-13(20)16-11-6-5-9(21-4)7-10(11)12(8-19)17-18-15/h5-7,12,19H,8H2,1-4H3,(H,16,20). The summed E-state index contributed by atoms with van der Waals surface area (Å²) in [6, 6.07) is 3.97. The summed E-state index contributed by atoms with van der Waals surface area (Å²) < 4.78 is 10.3. The average molecular weight is 308 g/mol. The van der Waals surface area contributed by atoms with Gasteiger partial charge in [0, 0.05) is 10.6 Å². The molecule has 0 bridgehead atoms. The Morgan fingerprint density at radius 1 is 1.50 bits per heavy atom. The van der Waals surface area contributed by atoms with E-state index in [4.69, 9.17) is 15.0 Å². The Hall–Kier alpha value is -2.44. The third-order valence-electron chi connectivity index (χ3n) is 2.62. The van der Waals surface area contributed by atoms with E-state index in [1.165, 1.54) is 7.11 Å². The Kier molecular flexibility index (Phi) is 6.03. The molecule has 0 saturated heterocycles. The summed E-state index contributed by atoms with van der Waals surface area (Å²) in [6.45, 7) is 4.84. The summed E-state index contributed by atoms with van der Waals surface area (Å²) in [5, 5.41) is 15.5. The minimum absolute atomic E-state index is 0.376. The number of nitrogens with zero attached hydrogens (tertiary/aromatic N) is 3. The van der Waals surface area contributed by atoms with Crippen molar-refractivity contribution in [3.05, 3.63) is 34.2 Å². The topological polar surface area (TPSA) is 117 Å². The molecule has 0 fully saturated rings. The van der Waals surface area contributed by atoms with E-state index in [1.54, 1.807) is 39.0 Å². The first-order valence-corrected chi connectivity index (χ1v) is 6.63. The van der Waals surface area contributed by atoms with Crippen LogP contribution in [0, 0.1) is 0 Å². The second-order valence-corrected chi connectivity index (χ2v) is 5.48. The monoisotopic (exact) mass is 308 g/mol. The van der Waals surface area contributed by atoms with Gasteiger partial charge >= 0.3 is 6.09 Å². The summed E-state index contributed by atoms with van der Waals surface area (Å²) in [5.74, 6) is 0.510. The third-order valence-corrected chi connectivity index (χ3v) is 2.62. The van der Waals surface area contributed by atoms with E-state index in [9.17, 15) is 9.90 Å². The van der Waals surface area contributed by atoms with Gasteiger partial charge < -0.3 is 14.6 Å². The lowest BCUT2D eigenvalue weighted by atomic mass is 10.1. The quantitative estimate of drug-likeness (QED) is 0.492. The van der Waals surface area contributed by atoms with Gasteiger partial charge in [0.25, 0.3) is 0 Å². The van der Waals surface area contributed by atoms with Crippen LogP contribution in [-0.4, -0.2) is 30.5 Å². The minimum Gasteiger partial charge on any atom is -0.497 e. The molecule has 120 valence electrons. The summed E-state index contributed by atoms with van der Waals surface area (Å²) in [6.07, 6.45) is -0.642. The number of methoxy groups -OCH3 is 1. The Morgan fingerprint density at radius 2 is 2.18 bits per heavy atom. The van der Waals surface area contributed by atoms with E-state index >= 15 is 0 Å². The van der Waals surface area contributed by atoms with E-state index in [0.717, 1.165) is 0 Å². The zero-order valence-electron chi connectivity index (χ0n) is 13.0. The molecule has 1 atom stereocenters. The number of rotatable bonds is 5. The van der Waals surface area contributed by atoms with Gasteiger partial charge in [0.05, 0.1) is 19.8 Å². The molecule has 0 heterocycles. The zero-order chi connectivity index (χ0) is 16.8. The molecule has 22 heavy (non-hydrogen) atoms. The zero-order valence-corrected chi connectivity index (χ0v) is 13.0. The number of ether oxygens (including phenoxy) is 2. The fourth-order valence-corrected chi connectivity index (χ4v) is 1.73. The molecular formula is C14H20N4O4. The minimum atomic E-state index is -0.843. The van der Waals surface area contributed by atoms with Gasteiger partial charge in [-0.1, -0.05) is 5.11 Å². The van der Waals surface area contributed by atoms with Crippen molar-refractivity contribution in [2.75, 3.05) is 19.0 Å². The first-order chi connectivity index (χ1) is 10.3. The smallest absolute Gasteiger partial charge is 0.412 e. The molecule has 8 heteroatoms. The second kappa shape index (κ2) is 7.53. The summed E-state index contributed by atoms with van der Waals surface area (Å²) >= 11 is 0. The number of amides is 1. The number of benzene rings is 1. The van der Waals surface area contributed by atoms with Crippen LogP contribution in [0.5, 0.6) is 5.75 Å². The first-order valence-electron chi connectivity index (χ1n) is 6.63. The largest absolute Gasteiger partial charge is 0.497 e. The van der Waals surface area contributed by atoms with Crippen molar-refractivity contribution >= 4 is 11.8 Å². The van der Waals surface area contributed by atoms with Gasteiger partial charge in [-0.3, -0.25) is 5.32 Å². The maximum Gasteiger partial charge on any atom is 0.412 e. The van der Waals surface area contributed by atoms with E-state index in [0.29, 0.717) is 17.0 Å². The number of carbonyl (C=O) groups is 1. The van der Waals surface area contributed by atoms with Crippen molar-refractivity contribution in [1.82, 2.24) is 0 Å². The molecule has 2 N–H and O–H groups in total. The Labute approximate surface area is 128 Å². The normalized spacial score (nSPS) is 12.0. The Balaban J connectivity index is 3.12. The van der Waals surface area contributed by atoms with E-state index < -0.39 is 24.3 Å². The van der Waals surface area contributed by atoms with Gasteiger partial charge in [0.15, 0.2) is 0 Å². The molecule has 0 aliphatic heterocycles. The van der Waals surface area contributed by atoms with Crippen LogP contribution >= 0.6 is 0 Å². The Morgan fingerprint density at radius 3 is 2.68 bits per heavy atom. The molecule has 1 unspecified atom stereocenters. The number of aliphatic hydroxyl groups is 1. The first kappa shape index (κ1) is 17.6. The van der Waals surface area contributed by atoms with Crippen molar-refractivity contribution in [2.24, 2.45) is 5.11 Å². The van der Waals surface area contributed by atoms with Crippen molar-refractivity contribution in [1.29, 1.82) is 0 Å². The highest BCUT2D eigenvalue weighted by molar-refractivity contribution is 5.86. The summed E-state index contributed by atoms with van der Waals surface area (Å²) in [5.41, 5.74) is 8.76. The lowest BCUT2D eigenvalue weighted by Crippen LogP contribution is -2.27. The van der Waals surface area contributed by atoms with Crippen molar-refractivity contribution in [3.63, 3.8) is 0 Å². The number of hydrogen-bond donors (Lipinski definition) is 2. The predicted octanol–water partition coefficient (Wildman–Crippen LogP) is 3.39. The molecule has 1 aromatic rings.